The molecule has 4 N–H and O–H groups in total. The molecule has 2 aromatic heterocycles. The van der Waals surface area contributed by atoms with Gasteiger partial charge in [-0.3, -0.25) is 9.59 Å². The number of aromatic amines is 2. The first-order valence-corrected chi connectivity index (χ1v) is 19.6. The number of hydrogen-bond donors (Lipinski definition) is 4. The molecule has 0 bridgehead atoms. The van der Waals surface area contributed by atoms with E-state index < -0.39 is 24.3 Å². The minimum absolute atomic E-state index is 0.116. The number of hydrogen-bond acceptors (Lipinski definition) is 9. The van der Waals surface area contributed by atoms with Gasteiger partial charge in [0.05, 0.1) is 63.8 Å². The number of ether oxygens (including phenoxy) is 3. The third-order valence-electron chi connectivity index (χ3n) is 10.6. The van der Waals surface area contributed by atoms with Gasteiger partial charge in [0.1, 0.15) is 23.7 Å². The predicted molar refractivity (Wildman–Crippen MR) is 213 cm³/mol. The minimum atomic E-state index is -0.721. The number of alkyl carbamates (subject to hydrolysis) is 2. The number of rotatable bonds is 13. The number of carbonyl (C=O) groups excluding carboxylic acids is 4. The predicted octanol–water partition coefficient (Wildman–Crippen LogP) is 6.33. The molecule has 6 rings (SSSR count). The largest absolute Gasteiger partial charge is 0.453 e. The number of aromatic nitrogens is 4. The summed E-state index contributed by atoms with van der Waals surface area (Å²) in [6, 6.07) is 10.9. The molecule has 0 unspecified atom stereocenters. The van der Waals surface area contributed by atoms with Crippen LogP contribution >= 0.6 is 0 Å². The first-order chi connectivity index (χ1) is 27.4. The van der Waals surface area contributed by atoms with Gasteiger partial charge < -0.3 is 44.6 Å². The summed E-state index contributed by atoms with van der Waals surface area (Å²) in [6.07, 6.45) is 4.66. The zero-order chi connectivity index (χ0) is 40.8. The lowest BCUT2D eigenvalue weighted by atomic mass is 9.93. The van der Waals surface area contributed by atoms with Crippen molar-refractivity contribution in [2.75, 3.05) is 27.3 Å². The summed E-state index contributed by atoms with van der Waals surface area (Å²) in [4.78, 5) is 70.8. The van der Waals surface area contributed by atoms with E-state index in [0.717, 1.165) is 64.0 Å². The van der Waals surface area contributed by atoms with Crippen LogP contribution in [0.3, 0.4) is 0 Å². The highest BCUT2D eigenvalue weighted by Crippen LogP contribution is 2.37. The minimum Gasteiger partial charge on any atom is -0.453 e. The number of nitrogens with one attached hydrogen (secondary N) is 4. The summed E-state index contributed by atoms with van der Waals surface area (Å²) in [5.41, 5.74) is 7.83. The Morgan fingerprint density at radius 1 is 0.860 bits per heavy atom. The van der Waals surface area contributed by atoms with E-state index in [2.05, 4.69) is 62.0 Å². The third-order valence-corrected chi connectivity index (χ3v) is 10.6. The normalized spacial score (nSPS) is 16.0. The Kier molecular flexibility index (Phi) is 13.0. The van der Waals surface area contributed by atoms with Gasteiger partial charge in [-0.05, 0) is 76.6 Å². The Hall–Kier alpha value is -5.70. The van der Waals surface area contributed by atoms with Gasteiger partial charge >= 0.3 is 12.2 Å². The van der Waals surface area contributed by atoms with Crippen molar-refractivity contribution in [1.29, 1.82) is 0 Å². The monoisotopic (exact) mass is 782 g/mol. The van der Waals surface area contributed by atoms with E-state index in [1.165, 1.54) is 14.2 Å². The molecular formula is C42H54N8O7. The molecular weight excluding hydrogens is 729 g/mol. The summed E-state index contributed by atoms with van der Waals surface area (Å²) >= 11 is 0. The lowest BCUT2D eigenvalue weighted by molar-refractivity contribution is -0.136. The van der Waals surface area contributed by atoms with Crippen LogP contribution in [-0.2, 0) is 43.6 Å². The zero-order valence-electron chi connectivity index (χ0n) is 33.8. The molecule has 3 atom stereocenters. The van der Waals surface area contributed by atoms with E-state index in [4.69, 9.17) is 19.2 Å². The second-order valence-corrected chi connectivity index (χ2v) is 15.3. The van der Waals surface area contributed by atoms with Crippen molar-refractivity contribution in [2.45, 2.75) is 91.8 Å². The van der Waals surface area contributed by atoms with Crippen molar-refractivity contribution < 1.29 is 33.4 Å². The molecule has 0 spiro atoms. The first-order valence-electron chi connectivity index (χ1n) is 19.6. The Labute approximate surface area is 333 Å². The van der Waals surface area contributed by atoms with Crippen LogP contribution in [0.1, 0.15) is 82.7 Å². The highest BCUT2D eigenvalue weighted by Gasteiger charge is 2.37. The van der Waals surface area contributed by atoms with Crippen LogP contribution in [0.25, 0.3) is 33.6 Å². The fourth-order valence-electron chi connectivity index (χ4n) is 7.61. The molecule has 4 heterocycles. The quantitative estimate of drug-likeness (QED) is 0.120. The molecule has 4 amide bonds. The van der Waals surface area contributed by atoms with E-state index in [9.17, 15) is 19.2 Å². The van der Waals surface area contributed by atoms with Gasteiger partial charge in [0, 0.05) is 13.1 Å². The standard InChI is InChI=1S/C42H54N8O7/c1-8-15-49(39(51)36(24(2)3)47-41(53)55-6)21-35-43-19-32(45-35)26-11-13-30-28(17-26)22-57-23-29-18-27(12-14-31(29)30)33-20-44-38(46-33)34-10-9-16-50(34)40(52)37(25(4)5)48-42(54)56-7/h11-14,17-20,24-25,34,36-37H,8-10,15-16,21-23H2,1-7H3,(H,43,45)(H,44,46)(H,47,53)(H,48,54)/t34-,36-,37-/m0/s1. The molecule has 0 saturated carbocycles. The molecule has 15 heteroatoms. The van der Waals surface area contributed by atoms with Gasteiger partial charge in [-0.25, -0.2) is 19.6 Å². The Morgan fingerprint density at radius 3 is 2.02 bits per heavy atom. The number of fused-ring (bicyclic) bond motifs is 3. The number of carbonyl (C=O) groups is 4. The lowest BCUT2D eigenvalue weighted by Gasteiger charge is -2.30. The SMILES string of the molecule is CCCN(Cc1ncc(-c2ccc3c(c2)COCc2cc(-c4cnc([C@@H]5CCCN5C(=O)[C@@H](NC(=O)OC)C(C)C)[nH]4)ccc2-3)[nH]1)C(=O)[C@@H](NC(=O)OC)C(C)C. The van der Waals surface area contributed by atoms with Gasteiger partial charge in [-0.15, -0.1) is 0 Å². The number of likely N-dealkylation sites (tertiary alicyclic amines) is 1. The van der Waals surface area contributed by atoms with Crippen LogP contribution in [0.4, 0.5) is 9.59 Å². The Balaban J connectivity index is 1.17. The summed E-state index contributed by atoms with van der Waals surface area (Å²) in [7, 11) is 2.57. The molecule has 15 nitrogen and oxygen atoms in total. The zero-order valence-corrected chi connectivity index (χ0v) is 33.8. The van der Waals surface area contributed by atoms with Crippen molar-refractivity contribution in [3.05, 3.63) is 71.6 Å². The molecule has 2 aromatic carbocycles. The third kappa shape index (κ3) is 9.14. The van der Waals surface area contributed by atoms with E-state index in [-0.39, 0.29) is 36.2 Å². The van der Waals surface area contributed by atoms with Crippen molar-refractivity contribution >= 4 is 24.0 Å². The average Bonchev–Trinajstić information content (AvgIpc) is 3.98. The Morgan fingerprint density at radius 2 is 1.44 bits per heavy atom. The van der Waals surface area contributed by atoms with Gasteiger partial charge in [-0.1, -0.05) is 58.9 Å². The molecule has 0 aliphatic carbocycles. The van der Waals surface area contributed by atoms with E-state index in [1.807, 2.05) is 34.6 Å². The van der Waals surface area contributed by atoms with Crippen LogP contribution in [0, 0.1) is 11.8 Å². The highest BCUT2D eigenvalue weighted by atomic mass is 16.5. The number of H-pyrrole nitrogens is 2. The molecule has 1 fully saturated rings. The summed E-state index contributed by atoms with van der Waals surface area (Å²) < 4.78 is 15.7. The topological polar surface area (TPSA) is 184 Å². The first kappa shape index (κ1) is 40.9. The Bertz CT molecular complexity index is 2070. The molecule has 0 radical (unpaired) electrons. The molecule has 1 saturated heterocycles. The summed E-state index contributed by atoms with van der Waals surface area (Å²) in [6.45, 7) is 11.8. The van der Waals surface area contributed by atoms with Gasteiger partial charge in [0.2, 0.25) is 11.8 Å². The second-order valence-electron chi connectivity index (χ2n) is 15.3. The van der Waals surface area contributed by atoms with Gasteiger partial charge in [0.25, 0.3) is 0 Å². The fourth-order valence-corrected chi connectivity index (χ4v) is 7.61. The van der Waals surface area contributed by atoms with Crippen LogP contribution in [0.5, 0.6) is 0 Å². The maximum Gasteiger partial charge on any atom is 0.407 e. The van der Waals surface area contributed by atoms with Crippen molar-refractivity contribution in [3.63, 3.8) is 0 Å². The lowest BCUT2D eigenvalue weighted by Crippen LogP contribution is -2.51. The number of amides is 4. The average molecular weight is 783 g/mol. The second kappa shape index (κ2) is 18.0. The smallest absolute Gasteiger partial charge is 0.407 e. The fraction of sp³-hybridized carbons (Fsp3) is 0.476. The van der Waals surface area contributed by atoms with Crippen LogP contribution < -0.4 is 10.6 Å². The molecule has 2 aliphatic rings. The van der Waals surface area contributed by atoms with Gasteiger partial charge in [0.15, 0.2) is 0 Å². The van der Waals surface area contributed by atoms with Crippen LogP contribution in [0.2, 0.25) is 0 Å². The molecule has 2 aliphatic heterocycles. The van der Waals surface area contributed by atoms with Crippen molar-refractivity contribution in [3.8, 4) is 33.6 Å². The van der Waals surface area contributed by atoms with E-state index in [0.29, 0.717) is 38.0 Å². The van der Waals surface area contributed by atoms with Crippen LogP contribution in [0.15, 0.2) is 48.8 Å². The van der Waals surface area contributed by atoms with E-state index >= 15 is 0 Å². The number of benzene rings is 2. The maximum absolute atomic E-state index is 13.6. The highest BCUT2D eigenvalue weighted by molar-refractivity contribution is 5.87. The van der Waals surface area contributed by atoms with Gasteiger partial charge in [-0.2, -0.15) is 0 Å². The van der Waals surface area contributed by atoms with Crippen LogP contribution in [-0.4, -0.2) is 93.1 Å². The molecule has 304 valence electrons. The summed E-state index contributed by atoms with van der Waals surface area (Å²) in [5, 5.41) is 5.38. The maximum atomic E-state index is 13.6. The molecule has 4 aromatic rings. The van der Waals surface area contributed by atoms with Crippen molar-refractivity contribution in [2.24, 2.45) is 11.8 Å². The van der Waals surface area contributed by atoms with E-state index in [1.54, 1.807) is 22.2 Å². The number of methoxy groups -OCH3 is 2. The molecule has 57 heavy (non-hydrogen) atoms. The number of imidazole rings is 2. The number of nitrogens with zero attached hydrogens (tertiary/aromatic N) is 4. The van der Waals surface area contributed by atoms with Crippen molar-refractivity contribution in [1.82, 2.24) is 40.4 Å². The summed E-state index contributed by atoms with van der Waals surface area (Å²) in [5.74, 6) is 0.767.